The minimum Gasteiger partial charge on any atom is -0.486 e. The van der Waals surface area contributed by atoms with Crippen molar-refractivity contribution in [1.29, 1.82) is 0 Å². The molecule has 0 aliphatic carbocycles. The summed E-state index contributed by atoms with van der Waals surface area (Å²) < 4.78 is 7.27. The van der Waals surface area contributed by atoms with Gasteiger partial charge in [-0.1, -0.05) is 18.2 Å². The van der Waals surface area contributed by atoms with Crippen LogP contribution in [0.25, 0.3) is 0 Å². The van der Waals surface area contributed by atoms with Crippen LogP contribution < -0.4 is 4.74 Å². The third-order valence-electron chi connectivity index (χ3n) is 3.33. The Labute approximate surface area is 116 Å². The summed E-state index contributed by atoms with van der Waals surface area (Å²) >= 11 is 0. The number of para-hydroxylation sites is 1. The van der Waals surface area contributed by atoms with Gasteiger partial charge in [0.25, 0.3) is 0 Å². The van der Waals surface area contributed by atoms with Gasteiger partial charge in [0, 0.05) is 6.54 Å². The Bertz CT molecular complexity index is 609. The maximum Gasteiger partial charge on any atom is 0.314 e. The first-order valence-corrected chi connectivity index (χ1v) is 6.58. The van der Waals surface area contributed by atoms with Crippen LogP contribution in [0.4, 0.5) is 0 Å². The quantitative estimate of drug-likeness (QED) is 0.919. The Hall–Kier alpha value is -2.37. The van der Waals surface area contributed by atoms with Gasteiger partial charge in [0.2, 0.25) is 0 Å². The third-order valence-corrected chi connectivity index (χ3v) is 3.33. The molecule has 0 saturated carbocycles. The minimum absolute atomic E-state index is 0.246. The highest BCUT2D eigenvalue weighted by Gasteiger charge is 2.29. The second kappa shape index (κ2) is 5.32. The number of aryl methyl sites for hydroxylation is 1. The number of aliphatic carboxylic acids is 1. The smallest absolute Gasteiger partial charge is 0.314 e. The predicted molar refractivity (Wildman–Crippen MR) is 70.4 cm³/mol. The molecule has 1 atom stereocenters. The number of hydrogen-bond donors (Lipinski definition) is 1. The summed E-state index contributed by atoms with van der Waals surface area (Å²) in [6, 6.07) is 9.41. The van der Waals surface area contributed by atoms with Crippen molar-refractivity contribution in [2.24, 2.45) is 0 Å². The summed E-state index contributed by atoms with van der Waals surface area (Å²) in [6.07, 6.45) is 1.43. The Balaban J connectivity index is 1.74. The van der Waals surface area contributed by atoms with Crippen LogP contribution in [0, 0.1) is 0 Å². The van der Waals surface area contributed by atoms with Gasteiger partial charge in [-0.3, -0.25) is 4.79 Å². The Morgan fingerprint density at radius 1 is 1.40 bits per heavy atom. The molecule has 1 aliphatic rings. The molecule has 1 unspecified atom stereocenters. The molecule has 0 fully saturated rings. The molecule has 1 N–H and O–H groups in total. The summed E-state index contributed by atoms with van der Waals surface area (Å²) in [5.41, 5.74) is 0. The van der Waals surface area contributed by atoms with E-state index < -0.39 is 11.9 Å². The van der Waals surface area contributed by atoms with Crippen LogP contribution in [0.5, 0.6) is 5.75 Å². The Morgan fingerprint density at radius 2 is 2.20 bits per heavy atom. The first-order valence-electron chi connectivity index (χ1n) is 6.58. The second-order valence-electron chi connectivity index (χ2n) is 4.74. The standard InChI is InChI=1S/C14H15N3O3/c18-14(19)11-7-4-8-17-13(11)15-12(16-17)9-20-10-5-2-1-3-6-10/h1-3,5-6,11H,4,7-9H2,(H,18,19). The number of aromatic nitrogens is 3. The summed E-state index contributed by atoms with van der Waals surface area (Å²) in [5, 5.41) is 13.5. The molecule has 0 radical (unpaired) electrons. The highest BCUT2D eigenvalue weighted by Crippen LogP contribution is 2.25. The number of hydrogen-bond acceptors (Lipinski definition) is 4. The molecule has 6 heteroatoms. The topological polar surface area (TPSA) is 77.2 Å². The van der Waals surface area contributed by atoms with E-state index in [9.17, 15) is 9.90 Å². The van der Waals surface area contributed by atoms with Crippen LogP contribution in [-0.2, 0) is 17.9 Å². The van der Waals surface area contributed by atoms with Gasteiger partial charge in [-0.05, 0) is 25.0 Å². The van der Waals surface area contributed by atoms with Gasteiger partial charge in [0.1, 0.15) is 24.1 Å². The monoisotopic (exact) mass is 273 g/mol. The SMILES string of the molecule is O=C(O)C1CCCn2nc(COc3ccccc3)nc21. The molecule has 1 aromatic carbocycles. The van der Waals surface area contributed by atoms with Crippen molar-refractivity contribution >= 4 is 5.97 Å². The number of carboxylic acids is 1. The van der Waals surface area contributed by atoms with E-state index >= 15 is 0 Å². The summed E-state index contributed by atoms with van der Waals surface area (Å²) in [5.74, 6) is 0.415. The van der Waals surface area contributed by atoms with Gasteiger partial charge in [-0.2, -0.15) is 5.10 Å². The van der Waals surface area contributed by atoms with E-state index in [-0.39, 0.29) is 6.61 Å². The lowest BCUT2D eigenvalue weighted by atomic mass is 10.00. The van der Waals surface area contributed by atoms with E-state index in [1.165, 1.54) is 0 Å². The number of benzene rings is 1. The lowest BCUT2D eigenvalue weighted by Gasteiger charge is -2.17. The Morgan fingerprint density at radius 3 is 2.95 bits per heavy atom. The maximum atomic E-state index is 11.2. The van der Waals surface area contributed by atoms with Crippen molar-refractivity contribution < 1.29 is 14.6 Å². The molecule has 1 aliphatic heterocycles. The number of fused-ring (bicyclic) bond motifs is 1. The summed E-state index contributed by atoms with van der Waals surface area (Å²) in [4.78, 5) is 15.5. The zero-order chi connectivity index (χ0) is 13.9. The van der Waals surface area contributed by atoms with Gasteiger partial charge in [0.05, 0.1) is 0 Å². The minimum atomic E-state index is -0.839. The molecule has 0 bridgehead atoms. The van der Waals surface area contributed by atoms with Crippen LogP contribution in [-0.4, -0.2) is 25.8 Å². The highest BCUT2D eigenvalue weighted by molar-refractivity contribution is 5.75. The number of nitrogens with zero attached hydrogens (tertiary/aromatic N) is 3. The van der Waals surface area contributed by atoms with Crippen molar-refractivity contribution in [1.82, 2.24) is 14.8 Å². The fraction of sp³-hybridized carbons (Fsp3) is 0.357. The lowest BCUT2D eigenvalue weighted by molar-refractivity contribution is -0.139. The molecule has 1 aromatic heterocycles. The molecule has 104 valence electrons. The molecule has 3 rings (SSSR count). The Kier molecular flexibility index (Phi) is 3.37. The molecule has 0 saturated heterocycles. The van der Waals surface area contributed by atoms with E-state index in [1.807, 2.05) is 30.3 Å². The van der Waals surface area contributed by atoms with Crippen molar-refractivity contribution in [2.75, 3.05) is 0 Å². The fourth-order valence-corrected chi connectivity index (χ4v) is 2.36. The average Bonchev–Trinajstić information content (AvgIpc) is 2.88. The van der Waals surface area contributed by atoms with Crippen LogP contribution in [0.15, 0.2) is 30.3 Å². The lowest BCUT2D eigenvalue weighted by Crippen LogP contribution is -2.22. The predicted octanol–water partition coefficient (Wildman–Crippen LogP) is 1.82. The molecule has 2 aromatic rings. The van der Waals surface area contributed by atoms with Crippen LogP contribution in [0.3, 0.4) is 0 Å². The van der Waals surface area contributed by atoms with Gasteiger partial charge in [-0.15, -0.1) is 0 Å². The zero-order valence-corrected chi connectivity index (χ0v) is 10.9. The zero-order valence-electron chi connectivity index (χ0n) is 10.9. The molecular formula is C14H15N3O3. The normalized spacial score (nSPS) is 17.5. The first kappa shape index (κ1) is 12.7. The summed E-state index contributed by atoms with van der Waals surface area (Å²) in [6.45, 7) is 0.966. The number of carboxylic acid groups (broad SMARTS) is 1. The van der Waals surface area contributed by atoms with Gasteiger partial charge < -0.3 is 9.84 Å². The first-order chi connectivity index (χ1) is 9.74. The third kappa shape index (κ3) is 2.49. The van der Waals surface area contributed by atoms with Crippen molar-refractivity contribution in [3.05, 3.63) is 42.0 Å². The van der Waals surface area contributed by atoms with Gasteiger partial charge in [0.15, 0.2) is 5.82 Å². The summed E-state index contributed by atoms with van der Waals surface area (Å²) in [7, 11) is 0. The average molecular weight is 273 g/mol. The number of rotatable bonds is 4. The van der Waals surface area contributed by atoms with E-state index in [0.717, 1.165) is 18.7 Å². The van der Waals surface area contributed by atoms with Crippen LogP contribution in [0.2, 0.25) is 0 Å². The molecule has 0 spiro atoms. The molecule has 2 heterocycles. The van der Waals surface area contributed by atoms with Gasteiger partial charge in [-0.25, -0.2) is 9.67 Å². The van der Waals surface area contributed by atoms with E-state index in [1.54, 1.807) is 4.68 Å². The fourth-order valence-electron chi connectivity index (χ4n) is 2.36. The van der Waals surface area contributed by atoms with Crippen LogP contribution in [0.1, 0.15) is 30.4 Å². The molecular weight excluding hydrogens is 258 g/mol. The molecule has 0 amide bonds. The van der Waals surface area contributed by atoms with E-state index in [4.69, 9.17) is 4.74 Å². The van der Waals surface area contributed by atoms with E-state index in [0.29, 0.717) is 18.1 Å². The van der Waals surface area contributed by atoms with Crippen molar-refractivity contribution in [3.8, 4) is 5.75 Å². The number of ether oxygens (including phenoxy) is 1. The maximum absolute atomic E-state index is 11.2. The largest absolute Gasteiger partial charge is 0.486 e. The second-order valence-corrected chi connectivity index (χ2v) is 4.74. The van der Waals surface area contributed by atoms with Crippen LogP contribution >= 0.6 is 0 Å². The molecule has 6 nitrogen and oxygen atoms in total. The van der Waals surface area contributed by atoms with Gasteiger partial charge >= 0.3 is 5.97 Å². The van der Waals surface area contributed by atoms with Crippen molar-refractivity contribution in [2.45, 2.75) is 31.9 Å². The molecule has 20 heavy (non-hydrogen) atoms. The highest BCUT2D eigenvalue weighted by atomic mass is 16.5. The van der Waals surface area contributed by atoms with E-state index in [2.05, 4.69) is 10.1 Å². The number of carbonyl (C=O) groups is 1. The van der Waals surface area contributed by atoms with Crippen molar-refractivity contribution in [3.63, 3.8) is 0 Å².